The average molecular weight is 377 g/mol. The van der Waals surface area contributed by atoms with Gasteiger partial charge in [-0.25, -0.2) is 12.7 Å². The van der Waals surface area contributed by atoms with Crippen LogP contribution < -0.4 is 39.9 Å². The number of carbonyl (C=O) groups excluding carboxylic acids is 3. The van der Waals surface area contributed by atoms with Gasteiger partial charge in [-0.05, 0) is 12.5 Å². The van der Waals surface area contributed by atoms with Crippen LogP contribution in [-0.4, -0.2) is 58.5 Å². The number of hydrogen-bond acceptors (Lipinski definition) is 6. The summed E-state index contributed by atoms with van der Waals surface area (Å²) in [6.07, 6.45) is 3.20. The van der Waals surface area contributed by atoms with Gasteiger partial charge in [0.2, 0.25) is 6.54 Å². The molecule has 3 amide bonds. The van der Waals surface area contributed by atoms with Crippen LogP contribution in [0.3, 0.4) is 0 Å². The maximum atomic E-state index is 12.4. The molecule has 0 aliphatic carbocycles. The summed E-state index contributed by atoms with van der Waals surface area (Å²) in [6.45, 7) is 0.0454. The Balaban J connectivity index is 0.00000225. The van der Waals surface area contributed by atoms with Crippen molar-refractivity contribution in [2.45, 2.75) is 25.0 Å². The van der Waals surface area contributed by atoms with E-state index in [1.165, 1.54) is 21.7 Å². The number of primary amides is 1. The van der Waals surface area contributed by atoms with Crippen molar-refractivity contribution in [3.05, 3.63) is 30.1 Å². The van der Waals surface area contributed by atoms with Crippen molar-refractivity contribution >= 4 is 28.0 Å². The maximum absolute atomic E-state index is 12.4. The van der Waals surface area contributed by atoms with Gasteiger partial charge in [0.15, 0.2) is 22.7 Å². The first-order chi connectivity index (χ1) is 11.2. The van der Waals surface area contributed by atoms with Crippen molar-refractivity contribution in [3.63, 3.8) is 0 Å². The van der Waals surface area contributed by atoms with E-state index in [0.29, 0.717) is 4.31 Å². The van der Waals surface area contributed by atoms with E-state index in [-0.39, 0.29) is 54.6 Å². The molecule has 12 heteroatoms. The number of nitrogens with zero attached hydrogens (tertiary/aromatic N) is 3. The zero-order chi connectivity index (χ0) is 17.6. The first kappa shape index (κ1) is 19.8. The van der Waals surface area contributed by atoms with E-state index < -0.39 is 40.1 Å². The SMILES string of the molecule is NC(=O)c1ccc[n+](CC(=O)N2CC[C@@H]3[C@H]2C(=O)N3S(=O)(=O)[O-])c1.[Na+]. The molecule has 1 aromatic rings. The monoisotopic (exact) mass is 377 g/mol. The molecule has 2 fully saturated rings. The Morgan fingerprint density at radius 1 is 1.40 bits per heavy atom. The number of rotatable bonds is 4. The number of pyridine rings is 1. The third-order valence-corrected chi connectivity index (χ3v) is 5.09. The van der Waals surface area contributed by atoms with E-state index in [1.54, 1.807) is 12.3 Å². The molecule has 0 unspecified atom stereocenters. The van der Waals surface area contributed by atoms with Crippen LogP contribution in [0.15, 0.2) is 24.5 Å². The van der Waals surface area contributed by atoms with Gasteiger partial charge in [-0.15, -0.1) is 0 Å². The van der Waals surface area contributed by atoms with Gasteiger partial charge in [-0.1, -0.05) is 0 Å². The molecular weight excluding hydrogens is 363 g/mol. The van der Waals surface area contributed by atoms with Gasteiger partial charge < -0.3 is 15.2 Å². The fraction of sp³-hybridized carbons (Fsp3) is 0.385. The first-order valence-electron chi connectivity index (χ1n) is 7.07. The predicted octanol–water partition coefficient (Wildman–Crippen LogP) is -5.65. The van der Waals surface area contributed by atoms with Crippen LogP contribution in [-0.2, 0) is 26.4 Å². The minimum absolute atomic E-state index is 0. The molecule has 0 saturated carbocycles. The van der Waals surface area contributed by atoms with Crippen LogP contribution in [0.1, 0.15) is 16.8 Å². The largest absolute Gasteiger partial charge is 1.00 e. The minimum atomic E-state index is -4.85. The zero-order valence-electron chi connectivity index (χ0n) is 13.4. The van der Waals surface area contributed by atoms with E-state index in [1.807, 2.05) is 0 Å². The molecule has 0 bridgehead atoms. The second kappa shape index (κ2) is 7.00. The summed E-state index contributed by atoms with van der Waals surface area (Å²) in [6, 6.07) is 1.36. The van der Waals surface area contributed by atoms with Gasteiger partial charge >= 0.3 is 29.6 Å². The number of aromatic nitrogens is 1. The Bertz CT molecular complexity index is 845. The van der Waals surface area contributed by atoms with Crippen LogP contribution in [0.4, 0.5) is 0 Å². The summed E-state index contributed by atoms with van der Waals surface area (Å²) >= 11 is 0. The quantitative estimate of drug-likeness (QED) is 0.240. The van der Waals surface area contributed by atoms with E-state index in [9.17, 15) is 27.4 Å². The van der Waals surface area contributed by atoms with Crippen molar-refractivity contribution in [1.29, 1.82) is 0 Å². The average Bonchev–Trinajstić information content (AvgIpc) is 2.84. The molecule has 2 aliphatic heterocycles. The summed E-state index contributed by atoms with van der Waals surface area (Å²) in [5.41, 5.74) is 5.40. The third kappa shape index (κ3) is 3.55. The van der Waals surface area contributed by atoms with E-state index in [2.05, 4.69) is 0 Å². The summed E-state index contributed by atoms with van der Waals surface area (Å²) in [5, 5.41) is 0. The molecule has 2 aliphatic rings. The number of likely N-dealkylation sites (tertiary alicyclic amines) is 1. The number of carbonyl (C=O) groups is 3. The number of hydrogen-bond donors (Lipinski definition) is 1. The van der Waals surface area contributed by atoms with Gasteiger partial charge in [0.25, 0.3) is 17.7 Å². The van der Waals surface area contributed by atoms with E-state index in [0.717, 1.165) is 0 Å². The number of fused-ring (bicyclic) bond motifs is 1. The number of nitrogens with two attached hydrogens (primary N) is 1. The van der Waals surface area contributed by atoms with E-state index >= 15 is 0 Å². The van der Waals surface area contributed by atoms with Crippen LogP contribution in [0.2, 0.25) is 0 Å². The zero-order valence-corrected chi connectivity index (χ0v) is 16.2. The van der Waals surface area contributed by atoms with Crippen molar-refractivity contribution in [3.8, 4) is 0 Å². The molecule has 2 atom stereocenters. The van der Waals surface area contributed by atoms with Crippen molar-refractivity contribution < 1.29 is 61.5 Å². The molecule has 3 rings (SSSR count). The minimum Gasteiger partial charge on any atom is -0.731 e. The third-order valence-electron chi connectivity index (χ3n) is 4.16. The molecule has 25 heavy (non-hydrogen) atoms. The van der Waals surface area contributed by atoms with E-state index in [4.69, 9.17) is 5.73 Å². The fourth-order valence-corrected chi connectivity index (χ4v) is 3.98. The molecule has 10 nitrogen and oxygen atoms in total. The Morgan fingerprint density at radius 3 is 2.68 bits per heavy atom. The van der Waals surface area contributed by atoms with Crippen LogP contribution in [0, 0.1) is 0 Å². The van der Waals surface area contributed by atoms with Crippen LogP contribution in [0.5, 0.6) is 0 Å². The fourth-order valence-electron chi connectivity index (χ4n) is 3.10. The standard InChI is InChI=1S/C13H14N4O6S.Na/c14-12(19)8-2-1-4-15(6-8)7-10(18)16-5-3-9-11(16)13(20)17(9)24(21,22)23;/h1-2,4,6,9,11H,3,5,7H2,(H2-,14,19,21,22,23);/q;+1/t9-,11+;/m1./s1. The van der Waals surface area contributed by atoms with Crippen molar-refractivity contribution in [2.24, 2.45) is 5.73 Å². The van der Waals surface area contributed by atoms with Gasteiger partial charge in [-0.3, -0.25) is 14.4 Å². The molecule has 128 valence electrons. The maximum Gasteiger partial charge on any atom is 1.00 e. The Labute approximate surface area is 165 Å². The van der Waals surface area contributed by atoms with Gasteiger partial charge in [0.1, 0.15) is 11.6 Å². The Morgan fingerprint density at radius 2 is 2.08 bits per heavy atom. The molecule has 0 aromatic carbocycles. The van der Waals surface area contributed by atoms with Crippen LogP contribution in [0.25, 0.3) is 0 Å². The molecular formula is C13H14N4NaO6S+. The van der Waals surface area contributed by atoms with Crippen molar-refractivity contribution in [1.82, 2.24) is 9.21 Å². The molecule has 0 radical (unpaired) electrons. The smallest absolute Gasteiger partial charge is 0.731 e. The molecule has 3 heterocycles. The molecule has 1 aromatic heterocycles. The predicted molar refractivity (Wildman–Crippen MR) is 75.6 cm³/mol. The summed E-state index contributed by atoms with van der Waals surface area (Å²) in [5.74, 6) is -1.93. The first-order valence-corrected chi connectivity index (χ1v) is 8.44. The normalized spacial score (nSPS) is 22.0. The number of amides is 3. The summed E-state index contributed by atoms with van der Waals surface area (Å²) in [7, 11) is -4.85. The van der Waals surface area contributed by atoms with Crippen molar-refractivity contribution in [2.75, 3.05) is 6.54 Å². The Hall–Kier alpha value is -1.53. The van der Waals surface area contributed by atoms with Gasteiger partial charge in [0, 0.05) is 12.6 Å². The topological polar surface area (TPSA) is 145 Å². The van der Waals surface area contributed by atoms with Gasteiger partial charge in [-0.2, -0.15) is 4.57 Å². The van der Waals surface area contributed by atoms with Gasteiger partial charge in [0.05, 0.1) is 6.04 Å². The summed E-state index contributed by atoms with van der Waals surface area (Å²) in [4.78, 5) is 36.7. The number of β-lactam (4-membered cyclic amide) rings is 1. The molecule has 0 spiro atoms. The second-order valence-electron chi connectivity index (χ2n) is 5.61. The molecule has 2 N–H and O–H groups in total. The Kier molecular flexibility index (Phi) is 5.54. The molecule has 2 saturated heterocycles. The second-order valence-corrected chi connectivity index (χ2v) is 6.86. The summed E-state index contributed by atoms with van der Waals surface area (Å²) < 4.78 is 34.8. The van der Waals surface area contributed by atoms with Crippen LogP contribution >= 0.6 is 0 Å².